The van der Waals surface area contributed by atoms with E-state index in [1.54, 1.807) is 11.8 Å². The summed E-state index contributed by atoms with van der Waals surface area (Å²) in [6.07, 6.45) is -5.46. The summed E-state index contributed by atoms with van der Waals surface area (Å²) in [4.78, 5) is 46.0. The number of hydrogen-bond acceptors (Lipinski definition) is 6. The molecular formula is C34H31F3N4O4S. The highest BCUT2D eigenvalue weighted by molar-refractivity contribution is 7.99. The first-order valence-corrected chi connectivity index (χ1v) is 15.5. The third-order valence-electron chi connectivity index (χ3n) is 8.09. The number of nitrogens with one attached hydrogen (secondary N) is 2. The van der Waals surface area contributed by atoms with Crippen molar-refractivity contribution in [2.24, 2.45) is 0 Å². The Balaban J connectivity index is 1.25. The van der Waals surface area contributed by atoms with Crippen LogP contribution in [0.3, 0.4) is 0 Å². The van der Waals surface area contributed by atoms with Crippen LogP contribution in [0, 0.1) is 13.8 Å². The lowest BCUT2D eigenvalue weighted by Gasteiger charge is -2.36. The molecule has 4 aromatic rings. The maximum Gasteiger partial charge on any atom is 0.433 e. The van der Waals surface area contributed by atoms with Crippen LogP contribution in [0.15, 0.2) is 87.4 Å². The van der Waals surface area contributed by atoms with Gasteiger partial charge in [0, 0.05) is 36.0 Å². The molecule has 0 spiro atoms. The van der Waals surface area contributed by atoms with Gasteiger partial charge < -0.3 is 24.8 Å². The molecule has 2 aliphatic rings. The van der Waals surface area contributed by atoms with Crippen molar-refractivity contribution in [1.82, 2.24) is 15.2 Å². The molecule has 1 saturated heterocycles. The lowest BCUT2D eigenvalue weighted by Crippen LogP contribution is -2.49. The average molecular weight is 649 g/mol. The molecule has 1 fully saturated rings. The van der Waals surface area contributed by atoms with Crippen LogP contribution in [-0.4, -0.2) is 48.1 Å². The van der Waals surface area contributed by atoms with Crippen molar-refractivity contribution in [3.8, 4) is 0 Å². The fourth-order valence-electron chi connectivity index (χ4n) is 5.68. The van der Waals surface area contributed by atoms with Crippen molar-refractivity contribution < 1.29 is 27.5 Å². The van der Waals surface area contributed by atoms with Crippen molar-refractivity contribution in [3.05, 3.63) is 122 Å². The smallest absolute Gasteiger partial charge is 0.433 e. The van der Waals surface area contributed by atoms with Gasteiger partial charge in [0.15, 0.2) is 0 Å². The van der Waals surface area contributed by atoms with Crippen molar-refractivity contribution in [3.63, 3.8) is 0 Å². The first-order chi connectivity index (χ1) is 22.0. The number of ether oxygens (including phenoxy) is 1. The van der Waals surface area contributed by atoms with Crippen LogP contribution in [-0.2, 0) is 17.5 Å². The second-order valence-corrected chi connectivity index (χ2v) is 12.5. The van der Waals surface area contributed by atoms with Gasteiger partial charge in [-0.15, -0.1) is 0 Å². The van der Waals surface area contributed by atoms with E-state index in [0.29, 0.717) is 0 Å². The number of aromatic amines is 1. The fraction of sp³-hybridized carbons (Fsp3) is 0.265. The van der Waals surface area contributed by atoms with E-state index in [2.05, 4.69) is 5.32 Å². The van der Waals surface area contributed by atoms with Crippen LogP contribution in [0.4, 0.5) is 23.7 Å². The number of carbonyl (C=O) groups is 2. The Morgan fingerprint density at radius 1 is 0.913 bits per heavy atom. The van der Waals surface area contributed by atoms with Gasteiger partial charge in [-0.05, 0) is 59.9 Å². The van der Waals surface area contributed by atoms with Crippen molar-refractivity contribution in [1.29, 1.82) is 0 Å². The Hall–Kier alpha value is -4.71. The number of aromatic nitrogens is 1. The number of hydrogen-bond donors (Lipinski definition) is 2. The first kappa shape index (κ1) is 31.3. The Kier molecular flexibility index (Phi) is 8.56. The number of pyridine rings is 1. The van der Waals surface area contributed by atoms with Gasteiger partial charge in [-0.1, -0.05) is 66.4 Å². The number of benzene rings is 3. The lowest BCUT2D eigenvalue weighted by molar-refractivity contribution is -0.140. The summed E-state index contributed by atoms with van der Waals surface area (Å²) in [6.45, 7) is 4.28. The summed E-state index contributed by atoms with van der Waals surface area (Å²) in [5.74, 6) is -0.797. The van der Waals surface area contributed by atoms with Crippen molar-refractivity contribution >= 4 is 29.4 Å². The second-order valence-electron chi connectivity index (χ2n) is 11.4. The summed E-state index contributed by atoms with van der Waals surface area (Å²) in [7, 11) is 0. The Morgan fingerprint density at radius 2 is 1.52 bits per heavy atom. The van der Waals surface area contributed by atoms with E-state index >= 15 is 0 Å². The molecule has 8 nitrogen and oxygen atoms in total. The van der Waals surface area contributed by atoms with Crippen LogP contribution in [0.2, 0.25) is 0 Å². The molecule has 0 bridgehead atoms. The number of alkyl halides is 3. The zero-order chi connectivity index (χ0) is 32.6. The van der Waals surface area contributed by atoms with Crippen LogP contribution in [0.1, 0.15) is 49.9 Å². The maximum absolute atomic E-state index is 14.2. The Labute approximate surface area is 267 Å². The monoisotopic (exact) mass is 648 g/mol. The van der Waals surface area contributed by atoms with Crippen molar-refractivity contribution in [2.45, 2.75) is 42.5 Å². The van der Waals surface area contributed by atoms with Gasteiger partial charge in [0.05, 0.1) is 11.7 Å². The summed E-state index contributed by atoms with van der Waals surface area (Å²) in [6, 6.07) is 21.3. The number of anilines is 1. The van der Waals surface area contributed by atoms with Gasteiger partial charge >= 0.3 is 12.3 Å². The topological polar surface area (TPSA) is 94.7 Å². The summed E-state index contributed by atoms with van der Waals surface area (Å²) in [5, 5.41) is 2.92. The van der Waals surface area contributed by atoms with Gasteiger partial charge in [-0.3, -0.25) is 9.59 Å². The summed E-state index contributed by atoms with van der Waals surface area (Å²) >= 11 is 1.58. The number of H-pyrrole nitrogens is 1. The minimum Gasteiger partial charge on any atom is -0.445 e. The van der Waals surface area contributed by atoms with E-state index in [0.717, 1.165) is 43.7 Å². The molecule has 0 radical (unpaired) electrons. The third kappa shape index (κ3) is 6.48. The molecule has 0 atom stereocenters. The largest absolute Gasteiger partial charge is 0.445 e. The van der Waals surface area contributed by atoms with Crippen LogP contribution in [0.25, 0.3) is 0 Å². The molecular weight excluding hydrogens is 617 g/mol. The van der Waals surface area contributed by atoms with E-state index in [-0.39, 0.29) is 38.5 Å². The highest BCUT2D eigenvalue weighted by atomic mass is 32.2. The minimum atomic E-state index is -4.89. The number of amides is 2. The maximum atomic E-state index is 14.2. The fourth-order valence-corrected chi connectivity index (χ4v) is 7.02. The molecule has 2 N–H and O–H groups in total. The van der Waals surface area contributed by atoms with Crippen LogP contribution in [0.5, 0.6) is 0 Å². The van der Waals surface area contributed by atoms with Gasteiger partial charge in [-0.2, -0.15) is 13.2 Å². The third-order valence-corrected chi connectivity index (χ3v) is 9.23. The molecule has 1 aromatic heterocycles. The second kappa shape index (κ2) is 12.6. The van der Waals surface area contributed by atoms with Crippen molar-refractivity contribution in [2.75, 3.05) is 31.1 Å². The van der Waals surface area contributed by atoms with Gasteiger partial charge in [0.2, 0.25) is 0 Å². The molecule has 238 valence electrons. The number of aryl methyl sites for hydroxylation is 2. The highest BCUT2D eigenvalue weighted by Crippen LogP contribution is 2.45. The molecule has 46 heavy (non-hydrogen) atoms. The average Bonchev–Trinajstić information content (AvgIpc) is 3.03. The molecule has 0 aliphatic carbocycles. The number of halogens is 3. The number of piperazine rings is 1. The number of carbonyl (C=O) groups excluding carboxylic acids is 2. The molecule has 2 aliphatic heterocycles. The molecule has 12 heteroatoms. The molecule has 3 heterocycles. The summed E-state index contributed by atoms with van der Waals surface area (Å²) < 4.78 is 47.9. The number of rotatable bonds is 5. The standard InChI is InChI=1S/C34H31F3N4O4S/c1-20-8-10-23-27(16-20)46-28-17-21(2)9-11-24(28)29(23)38-31(42)25-18-26(30(34(35,36)37)39-32(25)43)40-12-14-41(15-13-40)33(44)45-19-22-6-4-3-5-7-22/h3-11,16-18,29H,12-15,19H2,1-2H3,(H,38,42)(H,39,43). The lowest BCUT2D eigenvalue weighted by atomic mass is 9.95. The number of nitrogens with zero attached hydrogens (tertiary/aromatic N) is 2. The van der Waals surface area contributed by atoms with Crippen LogP contribution >= 0.6 is 11.8 Å². The molecule has 2 amide bonds. The van der Waals surface area contributed by atoms with Gasteiger partial charge in [0.25, 0.3) is 11.5 Å². The summed E-state index contributed by atoms with van der Waals surface area (Å²) in [5.41, 5.74) is 1.40. The normalized spacial score (nSPS) is 14.8. The molecule has 0 saturated carbocycles. The minimum absolute atomic E-state index is 0.0376. The van der Waals surface area contributed by atoms with Gasteiger partial charge in [-0.25, -0.2) is 4.79 Å². The zero-order valence-electron chi connectivity index (χ0n) is 25.1. The molecule has 0 unspecified atom stereocenters. The van der Waals surface area contributed by atoms with Gasteiger partial charge in [0.1, 0.15) is 17.9 Å². The first-order valence-electron chi connectivity index (χ1n) is 14.7. The predicted octanol–water partition coefficient (Wildman–Crippen LogP) is 6.45. The predicted molar refractivity (Wildman–Crippen MR) is 168 cm³/mol. The Morgan fingerprint density at radius 3 is 2.11 bits per heavy atom. The highest BCUT2D eigenvalue weighted by Gasteiger charge is 2.39. The van der Waals surface area contributed by atoms with E-state index in [1.807, 2.05) is 85.6 Å². The van der Waals surface area contributed by atoms with E-state index < -0.39 is 41.0 Å². The molecule has 3 aromatic carbocycles. The number of fused-ring (bicyclic) bond motifs is 2. The quantitative estimate of drug-likeness (QED) is 0.258. The zero-order valence-corrected chi connectivity index (χ0v) is 25.9. The molecule has 6 rings (SSSR count). The van der Waals surface area contributed by atoms with E-state index in [1.165, 1.54) is 9.80 Å². The Bertz CT molecular complexity index is 1800. The van der Waals surface area contributed by atoms with E-state index in [9.17, 15) is 27.6 Å². The SMILES string of the molecule is Cc1ccc2c(c1)Sc1cc(C)ccc1C2NC(=O)c1cc(N2CCN(C(=O)OCc3ccccc3)CC2)c(C(F)(F)F)[nH]c1=O. The van der Waals surface area contributed by atoms with Crippen LogP contribution < -0.4 is 15.8 Å². The van der Waals surface area contributed by atoms with E-state index in [4.69, 9.17) is 4.74 Å².